The minimum absolute atomic E-state index is 0.0603. The first-order chi connectivity index (χ1) is 20.3. The number of oxazole rings is 1. The molecule has 6 rings (SSSR count). The lowest BCUT2D eigenvalue weighted by Gasteiger charge is -2.37. The number of nitrogens with zero attached hydrogens (tertiary/aromatic N) is 2. The molecule has 0 aliphatic carbocycles. The molecule has 224 valence electrons. The Hall–Kier alpha value is -4.58. The number of furan rings is 1. The molecule has 43 heavy (non-hydrogen) atoms. The summed E-state index contributed by atoms with van der Waals surface area (Å²) in [4.78, 5) is 19.7. The van der Waals surface area contributed by atoms with E-state index in [1.54, 1.807) is 26.0 Å². The molecule has 0 radical (unpaired) electrons. The van der Waals surface area contributed by atoms with E-state index in [1.165, 1.54) is 41.7 Å². The van der Waals surface area contributed by atoms with E-state index >= 15 is 4.39 Å². The second-order valence-corrected chi connectivity index (χ2v) is 13.5. The van der Waals surface area contributed by atoms with Crippen LogP contribution in [-0.4, -0.2) is 30.2 Å². The van der Waals surface area contributed by atoms with Crippen molar-refractivity contribution in [2.75, 3.05) is 16.0 Å². The van der Waals surface area contributed by atoms with Gasteiger partial charge in [-0.3, -0.25) is 9.69 Å². The highest BCUT2D eigenvalue weighted by Gasteiger charge is 2.48. The summed E-state index contributed by atoms with van der Waals surface area (Å²) >= 11 is 0. The minimum atomic E-state index is -4.07. The number of halogens is 1. The maximum atomic E-state index is 16.2. The van der Waals surface area contributed by atoms with Gasteiger partial charge in [-0.25, -0.2) is 17.8 Å². The van der Waals surface area contributed by atoms with Crippen LogP contribution in [0.4, 0.5) is 15.8 Å². The Morgan fingerprint density at radius 2 is 2.02 bits per heavy atom. The van der Waals surface area contributed by atoms with E-state index in [-0.39, 0.29) is 75.2 Å². The molecule has 4 heterocycles. The first-order valence-electron chi connectivity index (χ1n) is 13.6. The lowest BCUT2D eigenvalue weighted by atomic mass is 9.88. The van der Waals surface area contributed by atoms with Gasteiger partial charge < -0.3 is 24.0 Å². The summed E-state index contributed by atoms with van der Waals surface area (Å²) in [6.07, 6.45) is 3.28. The number of carbonyl (C=O) groups is 1. The summed E-state index contributed by atoms with van der Waals surface area (Å²) in [5, 5.41) is 14.1. The van der Waals surface area contributed by atoms with Crippen molar-refractivity contribution in [1.29, 1.82) is 0 Å². The molecule has 2 aliphatic heterocycles. The number of aryl methyl sites for hydroxylation is 2. The molecule has 4 aromatic rings. The van der Waals surface area contributed by atoms with Gasteiger partial charge in [0.2, 0.25) is 0 Å². The molecular formula is C31H30FN3O7S. The first kappa shape index (κ1) is 28.5. The number of rotatable bonds is 5. The highest BCUT2D eigenvalue weighted by Crippen LogP contribution is 2.52. The van der Waals surface area contributed by atoms with E-state index in [2.05, 4.69) is 10.3 Å². The normalized spacial score (nSPS) is 18.8. The van der Waals surface area contributed by atoms with Crippen LogP contribution in [0.5, 0.6) is 11.5 Å². The number of nitrogens with one attached hydrogen (secondary N) is 1. The Bertz CT molecular complexity index is 1880. The first-order valence-corrected chi connectivity index (χ1v) is 15.3. The van der Waals surface area contributed by atoms with E-state index in [1.807, 2.05) is 13.8 Å². The number of ether oxygens (including phenoxy) is 1. The molecular weight excluding hydrogens is 577 g/mol. The van der Waals surface area contributed by atoms with Crippen LogP contribution in [0, 0.1) is 25.1 Å². The Balaban J connectivity index is 1.59. The SMILES string of the molecule is Cc1nc(C(=O)N2c3cccc(O)c3NC3=C(C2c2ccc(OCc4ccoc4)cc2F)S(=O)(=O)CC(C)(C)C3)c(C)o1. The molecule has 0 saturated carbocycles. The van der Waals surface area contributed by atoms with Crippen LogP contribution < -0.4 is 15.0 Å². The molecule has 0 fully saturated rings. The van der Waals surface area contributed by atoms with Crippen molar-refractivity contribution in [3.8, 4) is 11.5 Å². The van der Waals surface area contributed by atoms with Gasteiger partial charge in [-0.15, -0.1) is 0 Å². The zero-order chi connectivity index (χ0) is 30.7. The van der Waals surface area contributed by atoms with Crippen molar-refractivity contribution >= 4 is 27.1 Å². The number of benzene rings is 2. The topological polar surface area (TPSA) is 135 Å². The molecule has 0 bridgehead atoms. The Morgan fingerprint density at radius 1 is 1.23 bits per heavy atom. The van der Waals surface area contributed by atoms with Crippen molar-refractivity contribution in [3.05, 3.63) is 99.9 Å². The third kappa shape index (κ3) is 5.16. The zero-order valence-corrected chi connectivity index (χ0v) is 24.8. The zero-order valence-electron chi connectivity index (χ0n) is 24.0. The number of anilines is 2. The standard InChI is InChI=1S/C31H30FN3O7S/c1-17-26(33-18(2)42-17)30(37)35-24-6-5-7-25(36)27(24)34-23-13-31(3,4)16-43(38,39)29(23)28(35)21-9-8-20(12-22(21)32)41-15-19-10-11-40-14-19/h5-12,14,28,34,36H,13,15-16H2,1-4H3. The van der Waals surface area contributed by atoms with E-state index in [9.17, 15) is 18.3 Å². The van der Waals surface area contributed by atoms with Crippen molar-refractivity contribution in [2.45, 2.75) is 46.8 Å². The number of sulfone groups is 1. The fourth-order valence-corrected chi connectivity index (χ4v) is 8.17. The number of allylic oxidation sites excluding steroid dienone is 1. The lowest BCUT2D eigenvalue weighted by molar-refractivity contribution is 0.0974. The maximum absolute atomic E-state index is 16.2. The van der Waals surface area contributed by atoms with Gasteiger partial charge in [0, 0.05) is 29.8 Å². The smallest absolute Gasteiger partial charge is 0.281 e. The number of hydrogen-bond acceptors (Lipinski definition) is 9. The van der Waals surface area contributed by atoms with Crippen LogP contribution in [-0.2, 0) is 16.4 Å². The second kappa shape index (κ2) is 10.3. The molecule has 2 aromatic carbocycles. The molecule has 0 spiro atoms. The monoisotopic (exact) mass is 607 g/mol. The van der Waals surface area contributed by atoms with Crippen molar-refractivity contribution in [1.82, 2.24) is 4.98 Å². The van der Waals surface area contributed by atoms with Gasteiger partial charge in [0.1, 0.15) is 41.4 Å². The number of phenols is 1. The average molecular weight is 608 g/mol. The van der Waals surface area contributed by atoms with Crippen LogP contribution in [0.2, 0.25) is 0 Å². The largest absolute Gasteiger partial charge is 0.506 e. The number of para-hydroxylation sites is 1. The van der Waals surface area contributed by atoms with Crippen LogP contribution >= 0.6 is 0 Å². The third-order valence-corrected chi connectivity index (χ3v) is 9.81. The van der Waals surface area contributed by atoms with Gasteiger partial charge in [0.25, 0.3) is 5.91 Å². The number of aromatic nitrogens is 1. The summed E-state index contributed by atoms with van der Waals surface area (Å²) in [7, 11) is -4.07. The third-order valence-electron chi connectivity index (χ3n) is 7.51. The summed E-state index contributed by atoms with van der Waals surface area (Å²) in [5.74, 6) is -1.28. The number of fused-ring (bicyclic) bond motifs is 1. The van der Waals surface area contributed by atoms with Crippen molar-refractivity contribution < 1.29 is 36.3 Å². The number of amides is 1. The quantitative estimate of drug-likeness (QED) is 0.255. The van der Waals surface area contributed by atoms with Crippen LogP contribution in [0.1, 0.15) is 59.6 Å². The van der Waals surface area contributed by atoms with E-state index in [0.717, 1.165) is 11.6 Å². The van der Waals surface area contributed by atoms with Crippen LogP contribution in [0.25, 0.3) is 0 Å². The molecule has 12 heteroatoms. The number of hydrogen-bond donors (Lipinski definition) is 2. The summed E-state index contributed by atoms with van der Waals surface area (Å²) < 4.78 is 60.7. The van der Waals surface area contributed by atoms with Crippen molar-refractivity contribution in [3.63, 3.8) is 0 Å². The molecule has 1 atom stereocenters. The van der Waals surface area contributed by atoms with Gasteiger partial charge in [0.05, 0.1) is 28.9 Å². The Kier molecular flexibility index (Phi) is 6.83. The van der Waals surface area contributed by atoms with Crippen molar-refractivity contribution in [2.24, 2.45) is 5.41 Å². The minimum Gasteiger partial charge on any atom is -0.506 e. The second-order valence-electron chi connectivity index (χ2n) is 11.6. The number of aromatic hydroxyl groups is 1. The number of carbonyl (C=O) groups excluding carboxylic acids is 1. The summed E-state index contributed by atoms with van der Waals surface area (Å²) in [6.45, 7) is 6.92. The van der Waals surface area contributed by atoms with Gasteiger partial charge in [-0.05, 0) is 49.1 Å². The predicted molar refractivity (Wildman–Crippen MR) is 156 cm³/mol. The maximum Gasteiger partial charge on any atom is 0.281 e. The summed E-state index contributed by atoms with van der Waals surface area (Å²) in [5.41, 5.74) is 0.477. The molecule has 1 unspecified atom stereocenters. The molecule has 2 aromatic heterocycles. The van der Waals surface area contributed by atoms with Gasteiger partial charge in [0.15, 0.2) is 21.4 Å². The van der Waals surface area contributed by atoms with Gasteiger partial charge >= 0.3 is 0 Å². The van der Waals surface area contributed by atoms with E-state index in [4.69, 9.17) is 13.6 Å². The molecule has 0 saturated heterocycles. The Morgan fingerprint density at radius 3 is 2.70 bits per heavy atom. The molecule has 10 nitrogen and oxygen atoms in total. The predicted octanol–water partition coefficient (Wildman–Crippen LogP) is 6.18. The fourth-order valence-electron chi connectivity index (χ4n) is 5.81. The highest BCUT2D eigenvalue weighted by molar-refractivity contribution is 7.95. The molecule has 1 amide bonds. The number of phenolic OH excluding ortho intramolecular Hbond substituents is 1. The fraction of sp³-hybridized carbons (Fsp3) is 0.290. The van der Waals surface area contributed by atoms with Crippen LogP contribution in [0.15, 0.2) is 74.4 Å². The Labute approximate surface area is 247 Å². The molecule has 2 N–H and O–H groups in total. The van der Waals surface area contributed by atoms with Crippen LogP contribution in [0.3, 0.4) is 0 Å². The van der Waals surface area contributed by atoms with E-state index in [0.29, 0.717) is 0 Å². The summed E-state index contributed by atoms with van der Waals surface area (Å²) in [6, 6.07) is 8.88. The van der Waals surface area contributed by atoms with E-state index < -0.39 is 33.0 Å². The average Bonchev–Trinajstić information content (AvgIpc) is 3.52. The van der Waals surface area contributed by atoms with Gasteiger partial charge in [-0.2, -0.15) is 0 Å². The highest BCUT2D eigenvalue weighted by atomic mass is 32.2. The van der Waals surface area contributed by atoms with Gasteiger partial charge in [-0.1, -0.05) is 19.9 Å². The lowest BCUT2D eigenvalue weighted by Crippen LogP contribution is -2.41. The molecule has 2 aliphatic rings.